The average Bonchev–Trinajstić information content (AvgIpc) is 2.86. The minimum atomic E-state index is -3.52. The van der Waals surface area contributed by atoms with Crippen LogP contribution in [0.5, 0.6) is 0 Å². The van der Waals surface area contributed by atoms with Gasteiger partial charge in [-0.1, -0.05) is 24.3 Å². The van der Waals surface area contributed by atoms with Gasteiger partial charge in [0.2, 0.25) is 10.0 Å². The summed E-state index contributed by atoms with van der Waals surface area (Å²) in [5, 5.41) is 0.763. The number of fused-ring (bicyclic) bond motifs is 1. The normalized spacial score (nSPS) is 12.1. The molecule has 0 amide bonds. The van der Waals surface area contributed by atoms with Gasteiger partial charge in [0.15, 0.2) is 0 Å². The molecule has 2 rings (SSSR count). The van der Waals surface area contributed by atoms with Crippen LogP contribution in [0, 0.1) is 0 Å². The lowest BCUT2D eigenvalue weighted by Gasteiger charge is -2.17. The van der Waals surface area contributed by atoms with E-state index in [-0.39, 0.29) is 6.54 Å². The van der Waals surface area contributed by atoms with Gasteiger partial charge < -0.3 is 5.73 Å². The Labute approximate surface area is 129 Å². The fourth-order valence-corrected chi connectivity index (χ4v) is 5.22. The molecule has 0 bridgehead atoms. The van der Waals surface area contributed by atoms with Crippen molar-refractivity contribution in [3.63, 3.8) is 0 Å². The van der Waals surface area contributed by atoms with Crippen LogP contribution in [0.4, 0.5) is 0 Å². The molecule has 21 heavy (non-hydrogen) atoms. The molecule has 0 atom stereocenters. The van der Waals surface area contributed by atoms with Crippen LogP contribution < -0.4 is 5.73 Å². The van der Waals surface area contributed by atoms with Gasteiger partial charge in [0.05, 0.1) is 0 Å². The number of hydrogen-bond acceptors (Lipinski definition) is 4. The molecule has 0 unspecified atom stereocenters. The number of hydrogen-bond donors (Lipinski definition) is 1. The van der Waals surface area contributed by atoms with Gasteiger partial charge in [-0.3, -0.25) is 0 Å². The number of allylic oxidation sites excluding steroid dienone is 1. The first-order chi connectivity index (χ1) is 10.0. The molecule has 2 N–H and O–H groups in total. The Bertz CT molecular complexity index is 735. The lowest BCUT2D eigenvalue weighted by atomic mass is 10.2. The summed E-state index contributed by atoms with van der Waals surface area (Å²) in [5.74, 6) is 0. The van der Waals surface area contributed by atoms with Crippen molar-refractivity contribution in [2.24, 2.45) is 5.73 Å². The topological polar surface area (TPSA) is 63.4 Å². The van der Waals surface area contributed by atoms with Gasteiger partial charge in [-0.2, -0.15) is 0 Å². The molecule has 2 aromatic rings. The van der Waals surface area contributed by atoms with Crippen molar-refractivity contribution < 1.29 is 8.42 Å². The second kappa shape index (κ2) is 6.70. The van der Waals surface area contributed by atoms with Gasteiger partial charge in [0.25, 0.3) is 0 Å². The Kier molecular flexibility index (Phi) is 5.16. The monoisotopic (exact) mass is 324 g/mol. The van der Waals surface area contributed by atoms with Crippen LogP contribution in [0.15, 0.2) is 41.8 Å². The zero-order valence-electron chi connectivity index (χ0n) is 12.1. The maximum Gasteiger partial charge on any atom is 0.244 e. The molecular formula is C15H20N2O2S2. The number of rotatable bonds is 7. The van der Waals surface area contributed by atoms with Crippen molar-refractivity contribution in [2.75, 3.05) is 13.6 Å². The van der Waals surface area contributed by atoms with E-state index in [0.29, 0.717) is 16.3 Å². The van der Waals surface area contributed by atoms with Crippen LogP contribution in [0.25, 0.3) is 10.1 Å². The van der Waals surface area contributed by atoms with Gasteiger partial charge in [0.1, 0.15) is 4.90 Å². The third kappa shape index (κ3) is 3.18. The molecule has 1 heterocycles. The Hall–Kier alpha value is -1.21. The number of benzene rings is 1. The van der Waals surface area contributed by atoms with Gasteiger partial charge in [-0.25, -0.2) is 12.7 Å². The molecule has 0 saturated carbocycles. The van der Waals surface area contributed by atoms with Crippen molar-refractivity contribution in [3.05, 3.63) is 41.8 Å². The molecule has 1 aromatic heterocycles. The van der Waals surface area contributed by atoms with Crippen LogP contribution in [0.3, 0.4) is 0 Å². The standard InChI is InChI=1S/C15H20N2O2S2/c1-3-4-7-10-17(2)21(18,19)15-12-8-5-6-9-13(12)20-14(15)11-16/h3,5-6,8-9H,1,4,7,10-11,16H2,2H3. The second-order valence-electron chi connectivity index (χ2n) is 4.81. The van der Waals surface area contributed by atoms with E-state index in [4.69, 9.17) is 5.73 Å². The van der Waals surface area contributed by atoms with Crippen LogP contribution in [-0.2, 0) is 16.6 Å². The number of nitrogens with two attached hydrogens (primary N) is 1. The van der Waals surface area contributed by atoms with Crippen LogP contribution in [-0.4, -0.2) is 26.3 Å². The van der Waals surface area contributed by atoms with Gasteiger partial charge in [-0.05, 0) is 18.9 Å². The van der Waals surface area contributed by atoms with E-state index in [2.05, 4.69) is 6.58 Å². The minimum absolute atomic E-state index is 0.231. The van der Waals surface area contributed by atoms with E-state index < -0.39 is 10.0 Å². The summed E-state index contributed by atoms with van der Waals surface area (Å²) in [7, 11) is -1.90. The highest BCUT2D eigenvalue weighted by Gasteiger charge is 2.27. The molecule has 1 aromatic carbocycles. The first-order valence-corrected chi connectivity index (χ1v) is 9.05. The molecule has 114 valence electrons. The van der Waals surface area contributed by atoms with Crippen molar-refractivity contribution in [2.45, 2.75) is 24.3 Å². The third-order valence-electron chi connectivity index (χ3n) is 3.35. The van der Waals surface area contributed by atoms with Gasteiger partial charge in [0, 0.05) is 35.1 Å². The van der Waals surface area contributed by atoms with E-state index in [1.807, 2.05) is 24.3 Å². The second-order valence-corrected chi connectivity index (χ2v) is 7.93. The summed E-state index contributed by atoms with van der Waals surface area (Å²) >= 11 is 1.45. The number of sulfonamides is 1. The Morgan fingerprint density at radius 2 is 2.10 bits per heavy atom. The molecule has 0 fully saturated rings. The summed E-state index contributed by atoms with van der Waals surface area (Å²) in [4.78, 5) is 1.08. The highest BCUT2D eigenvalue weighted by molar-refractivity contribution is 7.89. The van der Waals surface area contributed by atoms with Crippen molar-refractivity contribution >= 4 is 31.4 Å². The van der Waals surface area contributed by atoms with Crippen molar-refractivity contribution in [1.82, 2.24) is 4.31 Å². The predicted molar refractivity (Wildman–Crippen MR) is 89.0 cm³/mol. The zero-order chi connectivity index (χ0) is 15.5. The number of unbranched alkanes of at least 4 members (excludes halogenated alkanes) is 1. The maximum absolute atomic E-state index is 12.8. The molecule has 0 aliphatic heterocycles. The molecule has 0 saturated heterocycles. The van der Waals surface area contributed by atoms with Crippen molar-refractivity contribution in [3.8, 4) is 0 Å². The molecule has 0 radical (unpaired) electrons. The lowest BCUT2D eigenvalue weighted by Crippen LogP contribution is -2.28. The summed E-state index contributed by atoms with van der Waals surface area (Å²) in [6.07, 6.45) is 3.36. The molecule has 0 aliphatic carbocycles. The largest absolute Gasteiger partial charge is 0.326 e. The molecule has 0 aliphatic rings. The van der Waals surface area contributed by atoms with E-state index >= 15 is 0 Å². The van der Waals surface area contributed by atoms with E-state index in [0.717, 1.165) is 22.9 Å². The molecule has 0 spiro atoms. The van der Waals surface area contributed by atoms with Gasteiger partial charge >= 0.3 is 0 Å². The maximum atomic E-state index is 12.8. The lowest BCUT2D eigenvalue weighted by molar-refractivity contribution is 0.463. The van der Waals surface area contributed by atoms with Crippen LogP contribution in [0.2, 0.25) is 0 Å². The summed E-state index contributed by atoms with van der Waals surface area (Å²) in [6, 6.07) is 7.53. The first kappa shape index (κ1) is 16.2. The molecule has 6 heteroatoms. The highest BCUT2D eigenvalue weighted by Crippen LogP contribution is 2.35. The van der Waals surface area contributed by atoms with Crippen LogP contribution in [0.1, 0.15) is 17.7 Å². The van der Waals surface area contributed by atoms with E-state index in [1.165, 1.54) is 15.6 Å². The smallest absolute Gasteiger partial charge is 0.244 e. The first-order valence-electron chi connectivity index (χ1n) is 6.80. The fraction of sp³-hybridized carbons (Fsp3) is 0.333. The minimum Gasteiger partial charge on any atom is -0.326 e. The fourth-order valence-electron chi connectivity index (χ4n) is 2.22. The van der Waals surface area contributed by atoms with Gasteiger partial charge in [-0.15, -0.1) is 17.9 Å². The molecule has 4 nitrogen and oxygen atoms in total. The Morgan fingerprint density at radius 1 is 1.38 bits per heavy atom. The zero-order valence-corrected chi connectivity index (χ0v) is 13.7. The SMILES string of the molecule is C=CCCCN(C)S(=O)(=O)c1c(CN)sc2ccccc12. The van der Waals surface area contributed by atoms with E-state index in [1.54, 1.807) is 13.1 Å². The number of nitrogens with zero attached hydrogens (tertiary/aromatic N) is 1. The predicted octanol–water partition coefficient (Wildman–Crippen LogP) is 2.95. The molecular weight excluding hydrogens is 304 g/mol. The van der Waals surface area contributed by atoms with E-state index in [9.17, 15) is 8.42 Å². The third-order valence-corrected chi connectivity index (χ3v) is 6.66. The summed E-state index contributed by atoms with van der Waals surface area (Å²) in [6.45, 7) is 4.36. The Morgan fingerprint density at radius 3 is 2.76 bits per heavy atom. The van der Waals surface area contributed by atoms with Crippen LogP contribution >= 0.6 is 11.3 Å². The quantitative estimate of drug-likeness (QED) is 0.629. The highest BCUT2D eigenvalue weighted by atomic mass is 32.2. The Balaban J connectivity index is 2.46. The van der Waals surface area contributed by atoms with Crippen molar-refractivity contribution in [1.29, 1.82) is 0 Å². The average molecular weight is 324 g/mol. The number of thiophene rings is 1. The summed E-state index contributed by atoms with van der Waals surface area (Å²) < 4.78 is 28.0. The summed E-state index contributed by atoms with van der Waals surface area (Å²) in [5.41, 5.74) is 5.75.